The second-order valence-corrected chi connectivity index (χ2v) is 9.99. The number of ether oxygens (including phenoxy) is 2. The molecular formula is C23H23N5O6S. The SMILES string of the molecule is Cn1c(=O)c2ccccc2n2c(COC(=O)c3ccc(S(=O)(=O)NCC4CCCO4)cc3)nnc12. The summed E-state index contributed by atoms with van der Waals surface area (Å²) in [4.78, 5) is 25.2. The highest BCUT2D eigenvalue weighted by Gasteiger charge is 2.21. The van der Waals surface area contributed by atoms with Crippen LogP contribution in [0.1, 0.15) is 29.0 Å². The van der Waals surface area contributed by atoms with Gasteiger partial charge in [-0.15, -0.1) is 10.2 Å². The molecule has 0 aliphatic carbocycles. The molecule has 1 aliphatic rings. The third kappa shape index (κ3) is 4.43. The molecular weight excluding hydrogens is 474 g/mol. The molecule has 12 heteroatoms. The van der Waals surface area contributed by atoms with Crippen molar-refractivity contribution in [3.05, 3.63) is 70.3 Å². The number of benzene rings is 2. The molecule has 11 nitrogen and oxygen atoms in total. The van der Waals surface area contributed by atoms with Crippen molar-refractivity contribution >= 4 is 32.7 Å². The summed E-state index contributed by atoms with van der Waals surface area (Å²) in [7, 11) is -2.13. The van der Waals surface area contributed by atoms with E-state index in [1.807, 2.05) is 0 Å². The smallest absolute Gasteiger partial charge is 0.338 e. The second kappa shape index (κ2) is 9.21. The maximum atomic E-state index is 12.6. The molecule has 3 heterocycles. The Kier molecular flexibility index (Phi) is 6.09. The Balaban J connectivity index is 1.31. The van der Waals surface area contributed by atoms with Gasteiger partial charge in [-0.05, 0) is 49.2 Å². The van der Waals surface area contributed by atoms with E-state index in [1.165, 1.54) is 28.8 Å². The lowest BCUT2D eigenvalue weighted by Gasteiger charge is -2.11. The Hall–Kier alpha value is -3.61. The normalized spacial score (nSPS) is 16.2. The van der Waals surface area contributed by atoms with Gasteiger partial charge in [-0.1, -0.05) is 12.1 Å². The zero-order chi connectivity index (χ0) is 24.6. The van der Waals surface area contributed by atoms with E-state index in [1.54, 1.807) is 35.7 Å². The van der Waals surface area contributed by atoms with Gasteiger partial charge in [0.1, 0.15) is 0 Å². The number of nitrogens with one attached hydrogen (secondary N) is 1. The number of sulfonamides is 1. The molecule has 4 aromatic rings. The average molecular weight is 498 g/mol. The van der Waals surface area contributed by atoms with Gasteiger partial charge in [0.05, 0.1) is 27.5 Å². The molecule has 182 valence electrons. The summed E-state index contributed by atoms with van der Waals surface area (Å²) < 4.78 is 41.5. The van der Waals surface area contributed by atoms with Gasteiger partial charge in [-0.2, -0.15) is 0 Å². The van der Waals surface area contributed by atoms with Gasteiger partial charge < -0.3 is 9.47 Å². The zero-order valence-corrected chi connectivity index (χ0v) is 19.7. The minimum Gasteiger partial charge on any atom is -0.454 e. The van der Waals surface area contributed by atoms with Crippen molar-refractivity contribution in [2.45, 2.75) is 30.4 Å². The number of aryl methyl sites for hydroxylation is 1. The third-order valence-corrected chi connectivity index (χ3v) is 7.39. The predicted octanol–water partition coefficient (Wildman–Crippen LogP) is 1.40. The number of aromatic nitrogens is 4. The fourth-order valence-electron chi connectivity index (χ4n) is 4.06. The number of carbonyl (C=O) groups is 1. The van der Waals surface area contributed by atoms with Crippen LogP contribution in [0.5, 0.6) is 0 Å². The summed E-state index contributed by atoms with van der Waals surface area (Å²) >= 11 is 0. The molecule has 35 heavy (non-hydrogen) atoms. The maximum Gasteiger partial charge on any atom is 0.338 e. The van der Waals surface area contributed by atoms with Gasteiger partial charge >= 0.3 is 5.97 Å². The molecule has 1 atom stereocenters. The number of hydrogen-bond acceptors (Lipinski definition) is 8. The largest absolute Gasteiger partial charge is 0.454 e. The third-order valence-electron chi connectivity index (χ3n) is 5.95. The van der Waals surface area contributed by atoms with E-state index >= 15 is 0 Å². The first-order valence-electron chi connectivity index (χ1n) is 11.1. The van der Waals surface area contributed by atoms with Crippen molar-refractivity contribution in [1.82, 2.24) is 23.9 Å². The molecule has 5 rings (SSSR count). The van der Waals surface area contributed by atoms with E-state index in [2.05, 4.69) is 14.9 Å². The molecule has 2 aromatic heterocycles. The number of esters is 1. The van der Waals surface area contributed by atoms with E-state index in [0.717, 1.165) is 12.8 Å². The highest BCUT2D eigenvalue weighted by Crippen LogP contribution is 2.17. The first-order valence-corrected chi connectivity index (χ1v) is 12.5. The maximum absolute atomic E-state index is 12.6. The quantitative estimate of drug-likeness (QED) is 0.379. The van der Waals surface area contributed by atoms with Gasteiger partial charge in [0.2, 0.25) is 15.8 Å². The van der Waals surface area contributed by atoms with Gasteiger partial charge in [0.25, 0.3) is 5.56 Å². The number of fused-ring (bicyclic) bond motifs is 3. The van der Waals surface area contributed by atoms with Crippen LogP contribution in [0.3, 0.4) is 0 Å². The molecule has 0 radical (unpaired) electrons. The molecule has 0 saturated carbocycles. The number of rotatable bonds is 7. The number of hydrogen-bond donors (Lipinski definition) is 1. The average Bonchev–Trinajstić information content (AvgIpc) is 3.55. The predicted molar refractivity (Wildman–Crippen MR) is 125 cm³/mol. The van der Waals surface area contributed by atoms with Crippen LogP contribution in [0.15, 0.2) is 58.2 Å². The summed E-state index contributed by atoms with van der Waals surface area (Å²) in [5, 5.41) is 8.64. The van der Waals surface area contributed by atoms with Gasteiger partial charge in [-0.3, -0.25) is 13.8 Å². The topological polar surface area (TPSA) is 134 Å². The summed E-state index contributed by atoms with van der Waals surface area (Å²) in [6.45, 7) is 0.659. The van der Waals surface area contributed by atoms with Crippen LogP contribution in [0, 0.1) is 0 Å². The van der Waals surface area contributed by atoms with E-state index < -0.39 is 16.0 Å². The molecule has 1 unspecified atom stereocenters. The van der Waals surface area contributed by atoms with E-state index in [0.29, 0.717) is 29.1 Å². The van der Waals surface area contributed by atoms with Crippen LogP contribution in [-0.2, 0) is 33.2 Å². The fourth-order valence-corrected chi connectivity index (χ4v) is 5.13. The van der Waals surface area contributed by atoms with Crippen molar-refractivity contribution in [2.75, 3.05) is 13.2 Å². The van der Waals surface area contributed by atoms with Crippen molar-refractivity contribution in [2.24, 2.45) is 7.05 Å². The van der Waals surface area contributed by atoms with Gasteiger partial charge in [0, 0.05) is 20.2 Å². The minimum atomic E-state index is -3.72. The Labute approximate surface area is 200 Å². The standard InChI is InChI=1S/C23H23N5O6S/c1-27-21(29)18-6-2-3-7-19(18)28-20(25-26-23(27)28)14-34-22(30)15-8-10-17(11-9-15)35(31,32)24-13-16-5-4-12-33-16/h2-3,6-11,16,24H,4-5,12-14H2,1H3. The Morgan fingerprint density at radius 1 is 1.17 bits per heavy atom. The van der Waals surface area contributed by atoms with Crippen molar-refractivity contribution in [3.8, 4) is 0 Å². The molecule has 1 saturated heterocycles. The lowest BCUT2D eigenvalue weighted by atomic mass is 10.2. The second-order valence-electron chi connectivity index (χ2n) is 8.22. The number of carbonyl (C=O) groups excluding carboxylic acids is 1. The Morgan fingerprint density at radius 3 is 2.69 bits per heavy atom. The summed E-state index contributed by atoms with van der Waals surface area (Å²) in [5.74, 6) is 0.0228. The minimum absolute atomic E-state index is 0.0443. The molecule has 1 N–H and O–H groups in total. The highest BCUT2D eigenvalue weighted by molar-refractivity contribution is 7.89. The van der Waals surface area contributed by atoms with Crippen molar-refractivity contribution < 1.29 is 22.7 Å². The first kappa shape index (κ1) is 23.1. The zero-order valence-electron chi connectivity index (χ0n) is 18.9. The van der Waals surface area contributed by atoms with Crippen LogP contribution in [0.4, 0.5) is 0 Å². The number of nitrogens with zero attached hydrogens (tertiary/aromatic N) is 4. The monoisotopic (exact) mass is 497 g/mol. The lowest BCUT2D eigenvalue weighted by molar-refractivity contribution is 0.0461. The van der Waals surface area contributed by atoms with Gasteiger partial charge in [-0.25, -0.2) is 17.9 Å². The van der Waals surface area contributed by atoms with Crippen molar-refractivity contribution in [3.63, 3.8) is 0 Å². The Bertz CT molecular complexity index is 1570. The molecule has 2 aromatic carbocycles. The van der Waals surface area contributed by atoms with Crippen LogP contribution >= 0.6 is 0 Å². The summed E-state index contributed by atoms with van der Waals surface area (Å²) in [5.41, 5.74) is 0.588. The van der Waals surface area contributed by atoms with Crippen LogP contribution in [-0.4, -0.2) is 52.8 Å². The Morgan fingerprint density at radius 2 is 1.94 bits per heavy atom. The molecule has 1 fully saturated rings. The van der Waals surface area contributed by atoms with E-state index in [9.17, 15) is 18.0 Å². The lowest BCUT2D eigenvalue weighted by Crippen LogP contribution is -2.31. The van der Waals surface area contributed by atoms with Gasteiger partial charge in [0.15, 0.2) is 12.4 Å². The molecule has 0 spiro atoms. The van der Waals surface area contributed by atoms with Crippen molar-refractivity contribution in [1.29, 1.82) is 0 Å². The van der Waals surface area contributed by atoms with Crippen LogP contribution in [0.25, 0.3) is 16.7 Å². The molecule has 1 aliphatic heterocycles. The molecule has 0 amide bonds. The number of para-hydroxylation sites is 1. The van der Waals surface area contributed by atoms with Crippen LogP contribution < -0.4 is 10.3 Å². The van der Waals surface area contributed by atoms with Crippen LogP contribution in [0.2, 0.25) is 0 Å². The summed E-state index contributed by atoms with van der Waals surface area (Å²) in [6.07, 6.45) is 1.62. The molecule has 0 bridgehead atoms. The highest BCUT2D eigenvalue weighted by atomic mass is 32.2. The first-order chi connectivity index (χ1) is 16.8. The fraction of sp³-hybridized carbons (Fsp3) is 0.304. The van der Waals surface area contributed by atoms with E-state index in [-0.39, 0.29) is 35.3 Å². The summed E-state index contributed by atoms with van der Waals surface area (Å²) in [6, 6.07) is 12.5. The van der Waals surface area contributed by atoms with E-state index in [4.69, 9.17) is 9.47 Å².